The van der Waals surface area contributed by atoms with Gasteiger partial charge in [-0.3, -0.25) is 0 Å². The van der Waals surface area contributed by atoms with Gasteiger partial charge >= 0.3 is 0 Å². The molecule has 2 heteroatoms. The van der Waals surface area contributed by atoms with Gasteiger partial charge in [-0.05, 0) is 24.5 Å². The van der Waals surface area contributed by atoms with Crippen molar-refractivity contribution in [2.24, 2.45) is 0 Å². The maximum atomic E-state index is 5.01. The number of benzene rings is 1. The summed E-state index contributed by atoms with van der Waals surface area (Å²) in [7, 11) is 0. The summed E-state index contributed by atoms with van der Waals surface area (Å²) in [6, 6.07) is 6.26. The van der Waals surface area contributed by atoms with Crippen molar-refractivity contribution in [2.45, 2.75) is 51.9 Å². The molecule has 1 heterocycles. The average Bonchev–Trinajstić information content (AvgIpc) is 2.82. The van der Waals surface area contributed by atoms with Gasteiger partial charge in [0.05, 0.1) is 0 Å². The molecule has 0 N–H and O–H groups in total. The van der Waals surface area contributed by atoms with E-state index in [0.29, 0.717) is 0 Å². The minimum atomic E-state index is 0.980. The molecule has 0 amide bonds. The van der Waals surface area contributed by atoms with Crippen LogP contribution in [-0.2, 0) is 6.42 Å². The van der Waals surface area contributed by atoms with Gasteiger partial charge in [0.15, 0.2) is 0 Å². The van der Waals surface area contributed by atoms with Crippen molar-refractivity contribution < 1.29 is 4.52 Å². The Labute approximate surface area is 103 Å². The molecule has 1 aromatic carbocycles. The van der Waals surface area contributed by atoms with Crippen LogP contribution in [0.25, 0.3) is 10.9 Å². The first-order valence-corrected chi connectivity index (χ1v) is 6.74. The lowest BCUT2D eigenvalue weighted by Gasteiger charge is -2.02. The van der Waals surface area contributed by atoms with Crippen LogP contribution in [0.3, 0.4) is 0 Å². The first-order valence-electron chi connectivity index (χ1n) is 6.74. The molecule has 0 aliphatic heterocycles. The second-order valence-corrected chi connectivity index (χ2v) is 4.68. The summed E-state index contributed by atoms with van der Waals surface area (Å²) in [5.41, 5.74) is 2.35. The highest BCUT2D eigenvalue weighted by Crippen LogP contribution is 2.19. The van der Waals surface area contributed by atoms with E-state index >= 15 is 0 Å². The second kappa shape index (κ2) is 6.43. The SMILES string of the molecule is CCCCCCCCc1cccc2nocc12. The highest BCUT2D eigenvalue weighted by Gasteiger charge is 2.03. The highest BCUT2D eigenvalue weighted by atomic mass is 16.5. The Morgan fingerprint density at radius 1 is 1.06 bits per heavy atom. The molecule has 1 aromatic heterocycles. The Kier molecular flexibility index (Phi) is 4.60. The van der Waals surface area contributed by atoms with E-state index in [-0.39, 0.29) is 0 Å². The molecule has 0 aliphatic carbocycles. The predicted octanol–water partition coefficient (Wildman–Crippen LogP) is 4.73. The molecule has 17 heavy (non-hydrogen) atoms. The molecule has 0 bridgehead atoms. The molecule has 0 saturated carbocycles. The van der Waals surface area contributed by atoms with Crippen molar-refractivity contribution in [2.75, 3.05) is 0 Å². The van der Waals surface area contributed by atoms with Crippen LogP contribution in [0.4, 0.5) is 0 Å². The Balaban J connectivity index is 1.80. The van der Waals surface area contributed by atoms with E-state index < -0.39 is 0 Å². The van der Waals surface area contributed by atoms with E-state index in [1.54, 1.807) is 6.26 Å². The van der Waals surface area contributed by atoms with Crippen molar-refractivity contribution in [1.82, 2.24) is 5.16 Å². The highest BCUT2D eigenvalue weighted by molar-refractivity contribution is 5.80. The van der Waals surface area contributed by atoms with E-state index in [1.807, 2.05) is 6.07 Å². The molecular formula is C15H21NO. The molecule has 0 atom stereocenters. The van der Waals surface area contributed by atoms with E-state index in [9.17, 15) is 0 Å². The third kappa shape index (κ3) is 3.32. The Morgan fingerprint density at radius 2 is 1.88 bits per heavy atom. The summed E-state index contributed by atoms with van der Waals surface area (Å²) in [5, 5.41) is 5.15. The van der Waals surface area contributed by atoms with Crippen LogP contribution in [0.5, 0.6) is 0 Å². The largest absolute Gasteiger partial charge is 0.363 e. The number of hydrogen-bond donors (Lipinski definition) is 0. The van der Waals surface area contributed by atoms with E-state index in [2.05, 4.69) is 24.2 Å². The second-order valence-electron chi connectivity index (χ2n) is 4.68. The van der Waals surface area contributed by atoms with Crippen LogP contribution in [0.2, 0.25) is 0 Å². The topological polar surface area (TPSA) is 26.0 Å². The fraction of sp³-hybridized carbons (Fsp3) is 0.533. The van der Waals surface area contributed by atoms with Crippen LogP contribution in [0.1, 0.15) is 51.0 Å². The van der Waals surface area contributed by atoms with Crippen molar-refractivity contribution in [3.05, 3.63) is 30.0 Å². The lowest BCUT2D eigenvalue weighted by molar-refractivity contribution is 0.428. The molecule has 0 unspecified atom stereocenters. The third-order valence-electron chi connectivity index (χ3n) is 3.29. The quantitative estimate of drug-likeness (QED) is 0.644. The van der Waals surface area contributed by atoms with Gasteiger partial charge in [0.1, 0.15) is 11.8 Å². The van der Waals surface area contributed by atoms with Gasteiger partial charge in [-0.15, -0.1) is 0 Å². The minimum absolute atomic E-state index is 0.980. The zero-order valence-corrected chi connectivity index (χ0v) is 10.6. The lowest BCUT2D eigenvalue weighted by atomic mass is 10.0. The fourth-order valence-corrected chi connectivity index (χ4v) is 2.26. The van der Waals surface area contributed by atoms with Crippen LogP contribution in [-0.4, -0.2) is 5.16 Å². The van der Waals surface area contributed by atoms with Crippen LogP contribution in [0.15, 0.2) is 29.0 Å². The molecule has 2 nitrogen and oxygen atoms in total. The molecule has 0 spiro atoms. The first-order chi connectivity index (χ1) is 8.42. The molecule has 0 saturated heterocycles. The van der Waals surface area contributed by atoms with E-state index in [1.165, 1.54) is 49.5 Å². The summed E-state index contributed by atoms with van der Waals surface area (Å²) in [5.74, 6) is 0. The number of fused-ring (bicyclic) bond motifs is 1. The average molecular weight is 231 g/mol. The Hall–Kier alpha value is -1.31. The number of nitrogens with zero attached hydrogens (tertiary/aromatic N) is 1. The van der Waals surface area contributed by atoms with Crippen molar-refractivity contribution >= 4 is 10.9 Å². The molecule has 0 fully saturated rings. The summed E-state index contributed by atoms with van der Waals surface area (Å²) < 4.78 is 5.01. The van der Waals surface area contributed by atoms with Gasteiger partial charge in [0, 0.05) is 5.39 Å². The fourth-order valence-electron chi connectivity index (χ4n) is 2.26. The van der Waals surface area contributed by atoms with Crippen LogP contribution < -0.4 is 0 Å². The predicted molar refractivity (Wildman–Crippen MR) is 71.1 cm³/mol. The number of rotatable bonds is 7. The van der Waals surface area contributed by atoms with E-state index in [4.69, 9.17) is 4.52 Å². The number of hydrogen-bond acceptors (Lipinski definition) is 2. The van der Waals surface area contributed by atoms with Crippen molar-refractivity contribution in [3.63, 3.8) is 0 Å². The maximum Gasteiger partial charge on any atom is 0.131 e. The summed E-state index contributed by atoms with van der Waals surface area (Å²) in [6.07, 6.45) is 11.0. The van der Waals surface area contributed by atoms with Gasteiger partial charge in [-0.2, -0.15) is 0 Å². The summed E-state index contributed by atoms with van der Waals surface area (Å²) in [6.45, 7) is 2.26. The molecule has 0 aliphatic rings. The normalized spacial score (nSPS) is 11.1. The lowest BCUT2D eigenvalue weighted by Crippen LogP contribution is -1.87. The number of aryl methyl sites for hydroxylation is 1. The van der Waals surface area contributed by atoms with Gasteiger partial charge in [0.2, 0.25) is 0 Å². The first kappa shape index (κ1) is 12.2. The summed E-state index contributed by atoms with van der Waals surface area (Å²) >= 11 is 0. The van der Waals surface area contributed by atoms with Crippen LogP contribution in [0, 0.1) is 0 Å². The zero-order valence-electron chi connectivity index (χ0n) is 10.6. The number of unbranched alkanes of at least 4 members (excludes halogenated alkanes) is 5. The van der Waals surface area contributed by atoms with Gasteiger partial charge in [-0.25, -0.2) is 0 Å². The standard InChI is InChI=1S/C15H21NO/c1-2-3-4-5-6-7-9-13-10-8-11-15-14(13)12-17-16-15/h8,10-12H,2-7,9H2,1H3. The Bertz CT molecular complexity index is 447. The van der Waals surface area contributed by atoms with Gasteiger partial charge in [0.25, 0.3) is 0 Å². The van der Waals surface area contributed by atoms with Crippen molar-refractivity contribution in [3.8, 4) is 0 Å². The van der Waals surface area contributed by atoms with Crippen molar-refractivity contribution in [1.29, 1.82) is 0 Å². The monoisotopic (exact) mass is 231 g/mol. The van der Waals surface area contributed by atoms with Crippen LogP contribution >= 0.6 is 0 Å². The molecule has 2 rings (SSSR count). The molecule has 2 aromatic rings. The smallest absolute Gasteiger partial charge is 0.131 e. The van der Waals surface area contributed by atoms with E-state index in [0.717, 1.165) is 11.9 Å². The zero-order chi connectivity index (χ0) is 11.9. The summed E-state index contributed by atoms with van der Waals surface area (Å²) in [4.78, 5) is 0. The van der Waals surface area contributed by atoms with Gasteiger partial charge < -0.3 is 4.52 Å². The number of aromatic nitrogens is 1. The molecular weight excluding hydrogens is 210 g/mol. The Morgan fingerprint density at radius 3 is 2.76 bits per heavy atom. The van der Waals surface area contributed by atoms with Gasteiger partial charge in [-0.1, -0.05) is 56.3 Å². The molecule has 0 radical (unpaired) electrons. The third-order valence-corrected chi connectivity index (χ3v) is 3.29. The molecule has 92 valence electrons. The maximum absolute atomic E-state index is 5.01. The minimum Gasteiger partial charge on any atom is -0.363 e.